The Balaban J connectivity index is 2.39. The minimum atomic E-state index is -0.429. The Hall–Kier alpha value is -1.41. The Labute approximate surface area is 104 Å². The van der Waals surface area contributed by atoms with Gasteiger partial charge >= 0.3 is 0 Å². The van der Waals surface area contributed by atoms with Crippen LogP contribution in [-0.4, -0.2) is 0 Å². The molecule has 2 aromatic rings. The first-order chi connectivity index (χ1) is 8.08. The summed E-state index contributed by atoms with van der Waals surface area (Å²) >= 11 is 5.78. The van der Waals surface area contributed by atoms with Gasteiger partial charge in [0.05, 0.1) is 0 Å². The minimum Gasteiger partial charge on any atom is -0.207 e. The fourth-order valence-corrected chi connectivity index (χ4v) is 1.90. The monoisotopic (exact) mass is 252 g/mol. The molecule has 0 spiro atoms. The van der Waals surface area contributed by atoms with E-state index in [-0.39, 0.29) is 5.92 Å². The fraction of sp³-hybridized carbons (Fsp3) is 0.143. The summed E-state index contributed by atoms with van der Waals surface area (Å²) in [6, 6.07) is 10.6. The Kier molecular flexibility index (Phi) is 3.43. The first-order valence-electron chi connectivity index (χ1n) is 5.28. The van der Waals surface area contributed by atoms with E-state index in [9.17, 15) is 8.78 Å². The smallest absolute Gasteiger partial charge is 0.127 e. The Morgan fingerprint density at radius 2 is 1.65 bits per heavy atom. The molecule has 0 bridgehead atoms. The van der Waals surface area contributed by atoms with Gasteiger partial charge in [0.25, 0.3) is 0 Å². The molecule has 17 heavy (non-hydrogen) atoms. The molecule has 0 saturated heterocycles. The molecule has 3 heteroatoms. The van der Waals surface area contributed by atoms with Crippen LogP contribution >= 0.6 is 11.6 Å². The average Bonchev–Trinajstić information content (AvgIpc) is 2.32. The molecule has 1 unspecified atom stereocenters. The van der Waals surface area contributed by atoms with Gasteiger partial charge in [0.1, 0.15) is 11.6 Å². The zero-order valence-electron chi connectivity index (χ0n) is 9.25. The lowest BCUT2D eigenvalue weighted by molar-refractivity contribution is 0.579. The summed E-state index contributed by atoms with van der Waals surface area (Å²) in [6.45, 7) is 1.83. The van der Waals surface area contributed by atoms with Crippen molar-refractivity contribution in [1.29, 1.82) is 0 Å². The molecule has 0 nitrogen and oxygen atoms in total. The van der Waals surface area contributed by atoms with E-state index in [1.54, 1.807) is 12.1 Å². The number of halogens is 3. The van der Waals surface area contributed by atoms with Crippen LogP contribution in [0.5, 0.6) is 0 Å². The van der Waals surface area contributed by atoms with Crippen LogP contribution in [-0.2, 0) is 0 Å². The third-order valence-corrected chi connectivity index (χ3v) is 3.05. The number of hydrogen-bond donors (Lipinski definition) is 0. The second-order valence-electron chi connectivity index (χ2n) is 3.94. The van der Waals surface area contributed by atoms with Crippen LogP contribution in [0.3, 0.4) is 0 Å². The highest BCUT2D eigenvalue weighted by Crippen LogP contribution is 2.27. The van der Waals surface area contributed by atoms with E-state index < -0.39 is 11.6 Å². The molecule has 0 amide bonds. The van der Waals surface area contributed by atoms with Crippen LogP contribution in [0, 0.1) is 11.6 Å². The summed E-state index contributed by atoms with van der Waals surface area (Å²) < 4.78 is 26.7. The molecule has 0 fully saturated rings. The van der Waals surface area contributed by atoms with Crippen LogP contribution < -0.4 is 0 Å². The van der Waals surface area contributed by atoms with E-state index in [4.69, 9.17) is 11.6 Å². The SMILES string of the molecule is CC(c1ccc(Cl)cc1)c1cc(F)ccc1F. The summed E-state index contributed by atoms with van der Waals surface area (Å²) in [5.41, 5.74) is 1.26. The van der Waals surface area contributed by atoms with Crippen molar-refractivity contribution in [2.75, 3.05) is 0 Å². The van der Waals surface area contributed by atoms with Crippen LogP contribution in [0.1, 0.15) is 24.0 Å². The molecule has 0 aliphatic heterocycles. The first kappa shape index (κ1) is 12.1. The van der Waals surface area contributed by atoms with Crippen LogP contribution in [0.15, 0.2) is 42.5 Å². The molecule has 2 aromatic carbocycles. The van der Waals surface area contributed by atoms with Crippen LogP contribution in [0.2, 0.25) is 5.02 Å². The average molecular weight is 253 g/mol. The maximum absolute atomic E-state index is 13.6. The van der Waals surface area contributed by atoms with Crippen molar-refractivity contribution < 1.29 is 8.78 Å². The van der Waals surface area contributed by atoms with Gasteiger partial charge in [-0.05, 0) is 41.5 Å². The van der Waals surface area contributed by atoms with Crippen molar-refractivity contribution in [3.63, 3.8) is 0 Å². The molecular weight excluding hydrogens is 242 g/mol. The summed E-state index contributed by atoms with van der Waals surface area (Å²) in [7, 11) is 0. The fourth-order valence-electron chi connectivity index (χ4n) is 1.78. The van der Waals surface area contributed by atoms with Gasteiger partial charge in [0.2, 0.25) is 0 Å². The van der Waals surface area contributed by atoms with E-state index in [1.165, 1.54) is 6.07 Å². The lowest BCUT2D eigenvalue weighted by Crippen LogP contribution is -2.00. The quantitative estimate of drug-likeness (QED) is 0.722. The molecule has 0 saturated carbocycles. The predicted molar refractivity (Wildman–Crippen MR) is 65.3 cm³/mol. The Morgan fingerprint density at radius 1 is 1.00 bits per heavy atom. The number of benzene rings is 2. The van der Waals surface area contributed by atoms with E-state index in [0.717, 1.165) is 17.7 Å². The van der Waals surface area contributed by atoms with Gasteiger partial charge in [-0.25, -0.2) is 8.78 Å². The topological polar surface area (TPSA) is 0 Å². The lowest BCUT2D eigenvalue weighted by atomic mass is 9.93. The summed E-state index contributed by atoms with van der Waals surface area (Å²) in [6.07, 6.45) is 0. The van der Waals surface area contributed by atoms with Gasteiger partial charge in [-0.1, -0.05) is 30.7 Å². The highest BCUT2D eigenvalue weighted by molar-refractivity contribution is 6.30. The van der Waals surface area contributed by atoms with Crippen molar-refractivity contribution in [2.24, 2.45) is 0 Å². The normalized spacial score (nSPS) is 12.5. The standard InChI is InChI=1S/C14H11ClF2/c1-9(10-2-4-11(15)5-3-10)13-8-12(16)6-7-14(13)17/h2-9H,1H3. The number of hydrogen-bond acceptors (Lipinski definition) is 0. The molecule has 0 radical (unpaired) electrons. The van der Waals surface area contributed by atoms with E-state index in [1.807, 2.05) is 19.1 Å². The molecule has 88 valence electrons. The molecule has 0 aliphatic rings. The second-order valence-corrected chi connectivity index (χ2v) is 4.38. The summed E-state index contributed by atoms with van der Waals surface area (Å²) in [4.78, 5) is 0. The molecule has 0 aliphatic carbocycles. The predicted octanol–water partition coefficient (Wildman–Crippen LogP) is 4.77. The Bertz CT molecular complexity index is 520. The molecule has 0 aromatic heterocycles. The van der Waals surface area contributed by atoms with Crippen LogP contribution in [0.4, 0.5) is 8.78 Å². The molecular formula is C14H11ClF2. The zero-order valence-corrected chi connectivity index (χ0v) is 10.0. The molecule has 2 rings (SSSR count). The van der Waals surface area contributed by atoms with Gasteiger partial charge in [-0.2, -0.15) is 0 Å². The third kappa shape index (κ3) is 2.64. The van der Waals surface area contributed by atoms with Gasteiger partial charge in [0.15, 0.2) is 0 Å². The molecule has 1 atom stereocenters. The van der Waals surface area contributed by atoms with Crippen molar-refractivity contribution in [3.8, 4) is 0 Å². The summed E-state index contributed by atoms with van der Waals surface area (Å²) in [5, 5.41) is 0.626. The van der Waals surface area contributed by atoms with Crippen molar-refractivity contribution >= 4 is 11.6 Å². The maximum Gasteiger partial charge on any atom is 0.127 e. The van der Waals surface area contributed by atoms with Gasteiger partial charge in [-0.15, -0.1) is 0 Å². The first-order valence-corrected chi connectivity index (χ1v) is 5.66. The van der Waals surface area contributed by atoms with Crippen molar-refractivity contribution in [3.05, 3.63) is 70.2 Å². The van der Waals surface area contributed by atoms with E-state index in [0.29, 0.717) is 10.6 Å². The minimum absolute atomic E-state index is 0.206. The highest BCUT2D eigenvalue weighted by atomic mass is 35.5. The van der Waals surface area contributed by atoms with Gasteiger partial charge in [0, 0.05) is 10.9 Å². The highest BCUT2D eigenvalue weighted by Gasteiger charge is 2.13. The largest absolute Gasteiger partial charge is 0.207 e. The Morgan fingerprint density at radius 3 is 2.29 bits per heavy atom. The van der Waals surface area contributed by atoms with Crippen molar-refractivity contribution in [2.45, 2.75) is 12.8 Å². The number of rotatable bonds is 2. The van der Waals surface area contributed by atoms with Gasteiger partial charge < -0.3 is 0 Å². The van der Waals surface area contributed by atoms with Crippen molar-refractivity contribution in [1.82, 2.24) is 0 Å². The summed E-state index contributed by atoms with van der Waals surface area (Å²) in [5.74, 6) is -1.03. The molecule has 0 N–H and O–H groups in total. The maximum atomic E-state index is 13.6. The second kappa shape index (κ2) is 4.84. The third-order valence-electron chi connectivity index (χ3n) is 2.79. The zero-order chi connectivity index (χ0) is 12.4. The molecule has 0 heterocycles. The lowest BCUT2D eigenvalue weighted by Gasteiger charge is -2.13. The van der Waals surface area contributed by atoms with E-state index in [2.05, 4.69) is 0 Å². The van der Waals surface area contributed by atoms with E-state index >= 15 is 0 Å². The van der Waals surface area contributed by atoms with Gasteiger partial charge in [-0.3, -0.25) is 0 Å². The van der Waals surface area contributed by atoms with Crippen LogP contribution in [0.25, 0.3) is 0 Å².